The lowest BCUT2D eigenvalue weighted by Gasteiger charge is -2.39. The summed E-state index contributed by atoms with van der Waals surface area (Å²) in [5.41, 5.74) is -0.692. The molecule has 0 aromatic heterocycles. The summed E-state index contributed by atoms with van der Waals surface area (Å²) < 4.78 is 10.3. The SMILES string of the molecule is O=Cc1cccc([N+](=O)[O-])c1O[C@H]1O[C@H](CO)[C@H](O)[C@H](O)[C@H]1O. The van der Waals surface area contributed by atoms with Crippen LogP contribution >= 0.6 is 0 Å². The third-order valence-electron chi connectivity index (χ3n) is 3.43. The quantitative estimate of drug-likeness (QED) is 0.289. The molecule has 0 aliphatic carbocycles. The van der Waals surface area contributed by atoms with Crippen molar-refractivity contribution < 1.29 is 39.6 Å². The van der Waals surface area contributed by atoms with E-state index in [4.69, 9.17) is 14.6 Å². The number of aldehydes is 1. The monoisotopic (exact) mass is 329 g/mol. The van der Waals surface area contributed by atoms with E-state index in [1.165, 1.54) is 12.1 Å². The van der Waals surface area contributed by atoms with E-state index in [9.17, 15) is 30.2 Å². The zero-order chi connectivity index (χ0) is 17.1. The zero-order valence-corrected chi connectivity index (χ0v) is 11.7. The van der Waals surface area contributed by atoms with Gasteiger partial charge in [-0.15, -0.1) is 0 Å². The van der Waals surface area contributed by atoms with Gasteiger partial charge in [0.1, 0.15) is 24.4 Å². The number of nitro groups is 1. The average Bonchev–Trinajstić information content (AvgIpc) is 2.55. The van der Waals surface area contributed by atoms with E-state index >= 15 is 0 Å². The molecule has 0 amide bonds. The molecular formula is C13H15NO9. The van der Waals surface area contributed by atoms with Crippen LogP contribution in [0.5, 0.6) is 5.75 Å². The van der Waals surface area contributed by atoms with Crippen molar-refractivity contribution in [1.29, 1.82) is 0 Å². The molecule has 126 valence electrons. The topological polar surface area (TPSA) is 160 Å². The number of nitro benzene ring substituents is 1. The number of carbonyl (C=O) groups is 1. The normalized spacial score (nSPS) is 30.7. The van der Waals surface area contributed by atoms with Gasteiger partial charge in [0.15, 0.2) is 6.29 Å². The Morgan fingerprint density at radius 3 is 2.52 bits per heavy atom. The first-order valence-corrected chi connectivity index (χ1v) is 6.60. The van der Waals surface area contributed by atoms with Gasteiger partial charge in [0.05, 0.1) is 17.1 Å². The van der Waals surface area contributed by atoms with Crippen molar-refractivity contribution >= 4 is 12.0 Å². The maximum absolute atomic E-state index is 11.0. The van der Waals surface area contributed by atoms with Crippen molar-refractivity contribution in [2.45, 2.75) is 30.7 Å². The van der Waals surface area contributed by atoms with Crippen LogP contribution in [0.4, 0.5) is 5.69 Å². The lowest BCUT2D eigenvalue weighted by atomic mass is 9.99. The minimum Gasteiger partial charge on any atom is -0.454 e. The summed E-state index contributed by atoms with van der Waals surface area (Å²) in [4.78, 5) is 21.3. The van der Waals surface area contributed by atoms with E-state index in [-0.39, 0.29) is 5.56 Å². The van der Waals surface area contributed by atoms with Gasteiger partial charge in [-0.2, -0.15) is 0 Å². The lowest BCUT2D eigenvalue weighted by Crippen LogP contribution is -2.60. The smallest absolute Gasteiger partial charge is 0.311 e. The van der Waals surface area contributed by atoms with Gasteiger partial charge in [-0.05, 0) is 6.07 Å². The number of aliphatic hydroxyl groups is 4. The molecule has 0 unspecified atom stereocenters. The molecule has 1 heterocycles. The molecule has 10 heteroatoms. The molecule has 0 radical (unpaired) electrons. The number of rotatable bonds is 5. The molecule has 1 aromatic rings. The predicted molar refractivity (Wildman–Crippen MR) is 72.9 cm³/mol. The second-order valence-electron chi connectivity index (χ2n) is 4.89. The first kappa shape index (κ1) is 17.2. The Hall–Kier alpha value is -2.11. The van der Waals surface area contributed by atoms with Gasteiger partial charge in [0.25, 0.3) is 0 Å². The van der Waals surface area contributed by atoms with E-state index in [1.807, 2.05) is 0 Å². The van der Waals surface area contributed by atoms with Crippen LogP contribution in [0.15, 0.2) is 18.2 Å². The molecule has 4 N–H and O–H groups in total. The Balaban J connectivity index is 2.34. The van der Waals surface area contributed by atoms with Gasteiger partial charge in [-0.1, -0.05) is 6.07 Å². The molecule has 2 rings (SSSR count). The highest BCUT2D eigenvalue weighted by Crippen LogP contribution is 2.33. The fourth-order valence-electron chi connectivity index (χ4n) is 2.19. The van der Waals surface area contributed by atoms with Crippen molar-refractivity contribution in [3.63, 3.8) is 0 Å². The van der Waals surface area contributed by atoms with Crippen molar-refractivity contribution in [3.8, 4) is 5.75 Å². The predicted octanol–water partition coefficient (Wildman–Crippen LogP) is -1.41. The van der Waals surface area contributed by atoms with E-state index in [2.05, 4.69) is 0 Å². The van der Waals surface area contributed by atoms with Crippen LogP contribution in [0.3, 0.4) is 0 Å². The van der Waals surface area contributed by atoms with Crippen molar-refractivity contribution in [1.82, 2.24) is 0 Å². The molecule has 1 saturated heterocycles. The zero-order valence-electron chi connectivity index (χ0n) is 11.7. The molecule has 0 saturated carbocycles. The molecule has 10 nitrogen and oxygen atoms in total. The van der Waals surface area contributed by atoms with Crippen LogP contribution < -0.4 is 4.74 Å². The summed E-state index contributed by atoms with van der Waals surface area (Å²) in [6, 6.07) is 3.63. The van der Waals surface area contributed by atoms with Crippen molar-refractivity contribution in [3.05, 3.63) is 33.9 Å². The van der Waals surface area contributed by atoms with E-state index in [0.29, 0.717) is 6.29 Å². The van der Waals surface area contributed by atoms with Gasteiger partial charge in [-0.3, -0.25) is 14.9 Å². The number of hydrogen-bond donors (Lipinski definition) is 4. The molecule has 0 spiro atoms. The number of nitrogens with zero attached hydrogens (tertiary/aromatic N) is 1. The number of hydrogen-bond acceptors (Lipinski definition) is 9. The minimum atomic E-state index is -1.74. The maximum Gasteiger partial charge on any atom is 0.311 e. The summed E-state index contributed by atoms with van der Waals surface area (Å²) in [6.45, 7) is -0.678. The van der Waals surface area contributed by atoms with Crippen LogP contribution in [0.25, 0.3) is 0 Å². The van der Waals surface area contributed by atoms with E-state index in [1.54, 1.807) is 0 Å². The van der Waals surface area contributed by atoms with Crippen molar-refractivity contribution in [2.24, 2.45) is 0 Å². The van der Waals surface area contributed by atoms with Gasteiger partial charge < -0.3 is 29.9 Å². The van der Waals surface area contributed by atoms with Crippen LogP contribution in [0.1, 0.15) is 10.4 Å². The Labute approximate surface area is 129 Å². The number of aliphatic hydroxyl groups excluding tert-OH is 4. The maximum atomic E-state index is 11.0. The molecular weight excluding hydrogens is 314 g/mol. The first-order chi connectivity index (χ1) is 10.9. The fraction of sp³-hybridized carbons (Fsp3) is 0.462. The molecule has 1 aromatic carbocycles. The minimum absolute atomic E-state index is 0.156. The standard InChI is InChI=1S/C13H15NO9/c15-4-6-2-1-3-7(14(20)21)12(6)23-13-11(19)10(18)9(17)8(5-16)22-13/h1-4,8-11,13,16-19H,5H2/t8-,9+,10+,11-,13-/m1/s1. The van der Waals surface area contributed by atoms with Crippen LogP contribution in [0.2, 0.25) is 0 Å². The van der Waals surface area contributed by atoms with Gasteiger partial charge in [0, 0.05) is 6.07 Å². The summed E-state index contributed by atoms with van der Waals surface area (Å²) >= 11 is 0. The lowest BCUT2D eigenvalue weighted by molar-refractivity contribution is -0.387. The van der Waals surface area contributed by atoms with Crippen LogP contribution in [-0.4, -0.2) is 68.9 Å². The highest BCUT2D eigenvalue weighted by Gasteiger charge is 2.45. The number of para-hydroxylation sites is 1. The molecule has 5 atom stereocenters. The average molecular weight is 329 g/mol. The van der Waals surface area contributed by atoms with E-state index in [0.717, 1.165) is 6.07 Å². The number of carbonyl (C=O) groups excluding carboxylic acids is 1. The second-order valence-corrected chi connectivity index (χ2v) is 4.89. The van der Waals surface area contributed by atoms with Gasteiger partial charge in [0.2, 0.25) is 12.0 Å². The van der Waals surface area contributed by atoms with Gasteiger partial charge in [-0.25, -0.2) is 0 Å². The second kappa shape index (κ2) is 6.98. The summed E-state index contributed by atoms with van der Waals surface area (Å²) in [5.74, 6) is -0.447. The summed E-state index contributed by atoms with van der Waals surface area (Å²) in [7, 11) is 0. The Morgan fingerprint density at radius 1 is 1.26 bits per heavy atom. The Kier molecular flexibility index (Phi) is 5.23. The third-order valence-corrected chi connectivity index (χ3v) is 3.43. The summed E-state index contributed by atoms with van der Waals surface area (Å²) in [6.07, 6.45) is -7.57. The number of benzene rings is 1. The fourth-order valence-corrected chi connectivity index (χ4v) is 2.19. The third kappa shape index (κ3) is 3.30. The number of ether oxygens (including phenoxy) is 2. The highest BCUT2D eigenvalue weighted by molar-refractivity contribution is 5.82. The van der Waals surface area contributed by atoms with Gasteiger partial charge >= 0.3 is 5.69 Å². The van der Waals surface area contributed by atoms with Crippen LogP contribution in [0, 0.1) is 10.1 Å². The Morgan fingerprint density at radius 2 is 1.96 bits per heavy atom. The summed E-state index contributed by atoms with van der Waals surface area (Å²) in [5, 5.41) is 49.3. The molecule has 1 aliphatic heterocycles. The largest absolute Gasteiger partial charge is 0.454 e. The van der Waals surface area contributed by atoms with E-state index < -0.39 is 53.7 Å². The Bertz CT molecular complexity index is 591. The van der Waals surface area contributed by atoms with Crippen molar-refractivity contribution in [2.75, 3.05) is 6.61 Å². The highest BCUT2D eigenvalue weighted by atomic mass is 16.7. The molecule has 0 bridgehead atoms. The molecule has 1 aliphatic rings. The molecule has 1 fully saturated rings. The molecule has 23 heavy (non-hydrogen) atoms. The first-order valence-electron chi connectivity index (χ1n) is 6.60. The van der Waals surface area contributed by atoms with Crippen LogP contribution in [-0.2, 0) is 4.74 Å².